The second kappa shape index (κ2) is 9.62. The molecule has 1 aromatic rings. The number of carbonyl (C=O) groups is 1. The van der Waals surface area contributed by atoms with Gasteiger partial charge in [0.25, 0.3) is 0 Å². The first-order valence-electron chi connectivity index (χ1n) is 10.7. The average Bonchev–Trinajstić information content (AvgIpc) is 3.25. The Balaban J connectivity index is 1.47. The van der Waals surface area contributed by atoms with Crippen molar-refractivity contribution in [3.8, 4) is 11.5 Å². The third-order valence-corrected chi connectivity index (χ3v) is 5.79. The summed E-state index contributed by atoms with van der Waals surface area (Å²) in [5.41, 5.74) is 1.36. The Morgan fingerprint density at radius 3 is 2.73 bits per heavy atom. The number of hydrogen-bond donors (Lipinski definition) is 2. The van der Waals surface area contributed by atoms with Gasteiger partial charge in [-0.1, -0.05) is 12.1 Å². The molecule has 1 fully saturated rings. The maximum absolute atomic E-state index is 13.5. The molecule has 7 heteroatoms. The standard InChI is InChI=1S/C23H29FN2O4/c24-18-5-3-4-16(12-18)13-22(27)25-19(15-26-8-1-2-9-26)23(28)17-6-7-20-21(14-17)30-11-10-29-20/h4,6-7,12,14,19,23,28H,1-3,5,8-11,13,15H2,(H,25,27)/t19-,23-/m1/s1. The highest BCUT2D eigenvalue weighted by Crippen LogP contribution is 2.33. The van der Waals surface area contributed by atoms with Crippen LogP contribution in [0.5, 0.6) is 11.5 Å². The van der Waals surface area contributed by atoms with E-state index in [0.717, 1.165) is 25.9 Å². The first-order chi connectivity index (χ1) is 14.6. The number of ether oxygens (including phenoxy) is 2. The molecular formula is C23H29FN2O4. The van der Waals surface area contributed by atoms with Crippen LogP contribution in [0.4, 0.5) is 4.39 Å². The number of nitrogens with one attached hydrogen (secondary N) is 1. The summed E-state index contributed by atoms with van der Waals surface area (Å²) < 4.78 is 24.7. The largest absolute Gasteiger partial charge is 0.486 e. The fourth-order valence-corrected chi connectivity index (χ4v) is 4.24. The summed E-state index contributed by atoms with van der Waals surface area (Å²) in [6.07, 6.45) is 5.81. The van der Waals surface area contributed by atoms with Gasteiger partial charge in [0.05, 0.1) is 12.5 Å². The van der Waals surface area contributed by atoms with E-state index in [9.17, 15) is 14.3 Å². The molecule has 2 N–H and O–H groups in total. The quantitative estimate of drug-likeness (QED) is 0.715. The van der Waals surface area contributed by atoms with Crippen LogP contribution in [0.15, 0.2) is 41.8 Å². The summed E-state index contributed by atoms with van der Waals surface area (Å²) in [5, 5.41) is 14.1. The molecule has 1 saturated heterocycles. The summed E-state index contributed by atoms with van der Waals surface area (Å²) in [5.74, 6) is 0.866. The molecule has 2 atom stereocenters. The number of allylic oxidation sites excluding steroid dienone is 3. The number of amides is 1. The van der Waals surface area contributed by atoms with Crippen molar-refractivity contribution in [3.63, 3.8) is 0 Å². The van der Waals surface area contributed by atoms with Crippen molar-refractivity contribution >= 4 is 5.91 Å². The minimum Gasteiger partial charge on any atom is -0.486 e. The lowest BCUT2D eigenvalue weighted by molar-refractivity contribution is -0.122. The van der Waals surface area contributed by atoms with E-state index >= 15 is 0 Å². The van der Waals surface area contributed by atoms with Gasteiger partial charge in [-0.3, -0.25) is 4.79 Å². The SMILES string of the molecule is O=C(CC1=CCCC(F)=C1)N[C@H](CN1CCCC1)[C@H](O)c1ccc2c(c1)OCCO2. The highest BCUT2D eigenvalue weighted by atomic mass is 19.1. The molecule has 4 rings (SSSR count). The third-order valence-electron chi connectivity index (χ3n) is 5.79. The zero-order valence-corrected chi connectivity index (χ0v) is 17.1. The van der Waals surface area contributed by atoms with Gasteiger partial charge in [0, 0.05) is 13.0 Å². The van der Waals surface area contributed by atoms with E-state index in [0.29, 0.717) is 55.2 Å². The lowest BCUT2D eigenvalue weighted by Gasteiger charge is -2.29. The third kappa shape index (κ3) is 5.21. The molecule has 2 heterocycles. The predicted octanol–water partition coefficient (Wildman–Crippen LogP) is 3.04. The Kier molecular flexibility index (Phi) is 6.69. The Morgan fingerprint density at radius 2 is 1.97 bits per heavy atom. The molecule has 0 radical (unpaired) electrons. The van der Waals surface area contributed by atoms with E-state index in [4.69, 9.17) is 9.47 Å². The number of likely N-dealkylation sites (tertiary alicyclic amines) is 1. The Labute approximate surface area is 176 Å². The Morgan fingerprint density at radius 1 is 1.20 bits per heavy atom. The predicted molar refractivity (Wildman–Crippen MR) is 111 cm³/mol. The maximum Gasteiger partial charge on any atom is 0.224 e. The number of nitrogens with zero attached hydrogens (tertiary/aromatic N) is 1. The van der Waals surface area contributed by atoms with Gasteiger partial charge in [0.1, 0.15) is 25.1 Å². The van der Waals surface area contributed by atoms with Crippen molar-refractivity contribution < 1.29 is 23.8 Å². The molecule has 0 unspecified atom stereocenters. The van der Waals surface area contributed by atoms with E-state index < -0.39 is 12.1 Å². The summed E-state index contributed by atoms with van der Waals surface area (Å²) in [7, 11) is 0. The van der Waals surface area contributed by atoms with Crippen molar-refractivity contribution in [2.45, 2.75) is 44.2 Å². The van der Waals surface area contributed by atoms with Gasteiger partial charge < -0.3 is 24.8 Å². The monoisotopic (exact) mass is 416 g/mol. The van der Waals surface area contributed by atoms with Crippen LogP contribution >= 0.6 is 0 Å². The summed E-state index contributed by atoms with van der Waals surface area (Å²) in [6, 6.07) is 4.91. The lowest BCUT2D eigenvalue weighted by Crippen LogP contribution is -2.46. The molecule has 2 aliphatic heterocycles. The van der Waals surface area contributed by atoms with Gasteiger partial charge in [-0.2, -0.15) is 0 Å². The Bertz CT molecular complexity index is 832. The van der Waals surface area contributed by atoms with Crippen molar-refractivity contribution in [2.24, 2.45) is 0 Å². The molecule has 3 aliphatic rings. The number of halogens is 1. The van der Waals surface area contributed by atoms with Crippen LogP contribution in [-0.2, 0) is 4.79 Å². The van der Waals surface area contributed by atoms with Gasteiger partial charge in [0.2, 0.25) is 5.91 Å². The second-order valence-electron chi connectivity index (χ2n) is 8.12. The fraction of sp³-hybridized carbons (Fsp3) is 0.522. The molecule has 0 bridgehead atoms. The fourth-order valence-electron chi connectivity index (χ4n) is 4.24. The number of carbonyl (C=O) groups excluding carboxylic acids is 1. The minimum atomic E-state index is -0.891. The van der Waals surface area contributed by atoms with Crippen molar-refractivity contribution in [2.75, 3.05) is 32.8 Å². The van der Waals surface area contributed by atoms with Gasteiger partial charge in [0.15, 0.2) is 11.5 Å². The highest BCUT2D eigenvalue weighted by Gasteiger charge is 2.28. The number of aliphatic hydroxyl groups excluding tert-OH is 1. The molecule has 30 heavy (non-hydrogen) atoms. The molecule has 162 valence electrons. The van der Waals surface area contributed by atoms with Crippen molar-refractivity contribution in [1.82, 2.24) is 10.2 Å². The second-order valence-corrected chi connectivity index (χ2v) is 8.12. The molecule has 1 aromatic carbocycles. The smallest absolute Gasteiger partial charge is 0.224 e. The van der Waals surface area contributed by atoms with Crippen molar-refractivity contribution in [1.29, 1.82) is 0 Å². The molecule has 1 aliphatic carbocycles. The number of fused-ring (bicyclic) bond motifs is 1. The number of benzene rings is 1. The van der Waals surface area contributed by atoms with E-state index in [1.54, 1.807) is 12.1 Å². The van der Waals surface area contributed by atoms with Gasteiger partial charge in [-0.15, -0.1) is 0 Å². The topological polar surface area (TPSA) is 71.0 Å². The van der Waals surface area contributed by atoms with Crippen LogP contribution in [0.25, 0.3) is 0 Å². The molecule has 1 amide bonds. The van der Waals surface area contributed by atoms with E-state index in [1.165, 1.54) is 6.08 Å². The van der Waals surface area contributed by atoms with Crippen LogP contribution in [0.3, 0.4) is 0 Å². The number of rotatable bonds is 7. The first-order valence-corrected chi connectivity index (χ1v) is 10.7. The van der Waals surface area contributed by atoms with Gasteiger partial charge in [-0.25, -0.2) is 4.39 Å². The highest BCUT2D eigenvalue weighted by molar-refractivity contribution is 5.79. The zero-order chi connectivity index (χ0) is 20.9. The first kappa shape index (κ1) is 20.9. The van der Waals surface area contributed by atoms with Crippen LogP contribution in [0, 0.1) is 0 Å². The number of aliphatic hydroxyl groups is 1. The average molecular weight is 416 g/mol. The normalized spacial score (nSPS) is 20.9. The molecule has 0 spiro atoms. The van der Waals surface area contributed by atoms with E-state index in [1.807, 2.05) is 12.1 Å². The van der Waals surface area contributed by atoms with Gasteiger partial charge in [-0.05, 0) is 61.7 Å². The molecular weight excluding hydrogens is 387 g/mol. The zero-order valence-electron chi connectivity index (χ0n) is 17.1. The minimum absolute atomic E-state index is 0.109. The van der Waals surface area contributed by atoms with Crippen LogP contribution in [0.1, 0.15) is 43.8 Å². The molecule has 0 aromatic heterocycles. The van der Waals surface area contributed by atoms with E-state index in [-0.39, 0.29) is 18.2 Å². The Hall–Kier alpha value is -2.38. The van der Waals surface area contributed by atoms with Crippen LogP contribution in [-0.4, -0.2) is 54.8 Å². The lowest BCUT2D eigenvalue weighted by atomic mass is 9.99. The molecule has 6 nitrogen and oxygen atoms in total. The number of hydrogen-bond acceptors (Lipinski definition) is 5. The van der Waals surface area contributed by atoms with Crippen LogP contribution in [0.2, 0.25) is 0 Å². The van der Waals surface area contributed by atoms with Gasteiger partial charge >= 0.3 is 0 Å². The molecule has 0 saturated carbocycles. The summed E-state index contributed by atoms with van der Waals surface area (Å²) in [4.78, 5) is 14.9. The van der Waals surface area contributed by atoms with Crippen molar-refractivity contribution in [3.05, 3.63) is 47.3 Å². The summed E-state index contributed by atoms with van der Waals surface area (Å²) in [6.45, 7) is 3.45. The van der Waals surface area contributed by atoms with Crippen LogP contribution < -0.4 is 14.8 Å². The maximum atomic E-state index is 13.5. The van der Waals surface area contributed by atoms with E-state index in [2.05, 4.69) is 10.2 Å². The summed E-state index contributed by atoms with van der Waals surface area (Å²) >= 11 is 0.